The molecule has 25 heavy (non-hydrogen) atoms. The van der Waals surface area contributed by atoms with Crippen molar-refractivity contribution in [3.8, 4) is 11.5 Å². The first-order chi connectivity index (χ1) is 11.9. The van der Waals surface area contributed by atoms with Crippen LogP contribution in [0, 0.1) is 13.8 Å². The number of halogens is 2. The highest BCUT2D eigenvalue weighted by Crippen LogP contribution is 2.37. The molecule has 4 nitrogen and oxygen atoms in total. The average Bonchev–Trinajstić information content (AvgIpc) is 2.55. The number of pyridine rings is 1. The van der Waals surface area contributed by atoms with Gasteiger partial charge in [0, 0.05) is 16.0 Å². The summed E-state index contributed by atoms with van der Waals surface area (Å²) in [5.41, 5.74) is 2.71. The second kappa shape index (κ2) is 6.90. The van der Waals surface area contributed by atoms with Crippen molar-refractivity contribution in [3.05, 3.63) is 63.3 Å². The largest absolute Gasteiger partial charge is 0.481 e. The SMILES string of the molecule is Cc1nc2c(Cl)ccc(CC(=O)O)c2c(C)c1Oc1ccc(Cl)cc1. The number of ether oxygens (including phenoxy) is 1. The number of hydrogen-bond acceptors (Lipinski definition) is 3. The number of carbonyl (C=O) groups is 1. The van der Waals surface area contributed by atoms with Crippen LogP contribution in [0.15, 0.2) is 36.4 Å². The zero-order valence-corrected chi connectivity index (χ0v) is 15.1. The van der Waals surface area contributed by atoms with Crippen LogP contribution < -0.4 is 4.74 Å². The zero-order chi connectivity index (χ0) is 18.1. The monoisotopic (exact) mass is 375 g/mol. The number of benzene rings is 2. The Labute approximate surface area is 155 Å². The Morgan fingerprint density at radius 1 is 1.12 bits per heavy atom. The number of aliphatic carboxylic acids is 1. The first-order valence-corrected chi connectivity index (χ1v) is 8.36. The predicted molar refractivity (Wildman–Crippen MR) is 99.1 cm³/mol. The summed E-state index contributed by atoms with van der Waals surface area (Å²) in [6, 6.07) is 10.4. The van der Waals surface area contributed by atoms with Gasteiger partial charge in [-0.3, -0.25) is 4.79 Å². The Morgan fingerprint density at radius 2 is 1.80 bits per heavy atom. The second-order valence-corrected chi connectivity index (χ2v) is 6.55. The Balaban J connectivity index is 2.19. The first kappa shape index (κ1) is 17.5. The van der Waals surface area contributed by atoms with Crippen molar-refractivity contribution < 1.29 is 14.6 Å². The van der Waals surface area contributed by atoms with Crippen molar-refractivity contribution in [2.24, 2.45) is 0 Å². The summed E-state index contributed by atoms with van der Waals surface area (Å²) < 4.78 is 5.99. The van der Waals surface area contributed by atoms with E-state index in [0.29, 0.717) is 43.7 Å². The van der Waals surface area contributed by atoms with Gasteiger partial charge in [-0.1, -0.05) is 29.3 Å². The predicted octanol–water partition coefficient (Wildman–Crippen LogP) is 5.58. The summed E-state index contributed by atoms with van der Waals surface area (Å²) in [7, 11) is 0. The molecule has 0 saturated heterocycles. The maximum Gasteiger partial charge on any atom is 0.307 e. The fourth-order valence-electron chi connectivity index (χ4n) is 2.82. The molecular formula is C19H15Cl2NO3. The number of carboxylic acid groups (broad SMARTS) is 1. The summed E-state index contributed by atoms with van der Waals surface area (Å²) in [5.74, 6) is 0.297. The Kier molecular flexibility index (Phi) is 4.84. The minimum atomic E-state index is -0.913. The average molecular weight is 376 g/mol. The Hall–Kier alpha value is -2.30. The van der Waals surface area contributed by atoms with Crippen molar-refractivity contribution in [2.45, 2.75) is 20.3 Å². The molecular weight excluding hydrogens is 361 g/mol. The topological polar surface area (TPSA) is 59.4 Å². The van der Waals surface area contributed by atoms with Crippen LogP contribution >= 0.6 is 23.2 Å². The number of nitrogens with zero attached hydrogens (tertiary/aromatic N) is 1. The van der Waals surface area contributed by atoms with E-state index in [2.05, 4.69) is 4.98 Å². The summed E-state index contributed by atoms with van der Waals surface area (Å²) in [4.78, 5) is 15.7. The van der Waals surface area contributed by atoms with E-state index in [1.54, 1.807) is 36.4 Å². The van der Waals surface area contributed by atoms with E-state index < -0.39 is 5.97 Å². The molecule has 0 saturated carbocycles. The lowest BCUT2D eigenvalue weighted by Crippen LogP contribution is -2.04. The van der Waals surface area contributed by atoms with Gasteiger partial charge in [0.2, 0.25) is 0 Å². The highest BCUT2D eigenvalue weighted by Gasteiger charge is 2.17. The quantitative estimate of drug-likeness (QED) is 0.646. The van der Waals surface area contributed by atoms with Crippen LogP contribution in [0.2, 0.25) is 10.0 Å². The second-order valence-electron chi connectivity index (χ2n) is 5.71. The van der Waals surface area contributed by atoms with Gasteiger partial charge in [-0.15, -0.1) is 0 Å². The van der Waals surface area contributed by atoms with E-state index in [1.807, 2.05) is 13.8 Å². The van der Waals surface area contributed by atoms with Gasteiger partial charge in [-0.25, -0.2) is 4.98 Å². The minimum absolute atomic E-state index is 0.111. The van der Waals surface area contributed by atoms with Gasteiger partial charge in [0.05, 0.1) is 22.7 Å². The van der Waals surface area contributed by atoms with Crippen LogP contribution in [0.5, 0.6) is 11.5 Å². The van der Waals surface area contributed by atoms with Crippen molar-refractivity contribution in [1.29, 1.82) is 0 Å². The van der Waals surface area contributed by atoms with Crippen LogP contribution in [-0.4, -0.2) is 16.1 Å². The van der Waals surface area contributed by atoms with E-state index in [-0.39, 0.29) is 6.42 Å². The highest BCUT2D eigenvalue weighted by molar-refractivity contribution is 6.35. The van der Waals surface area contributed by atoms with Gasteiger partial charge in [0.1, 0.15) is 5.75 Å². The molecule has 0 bridgehead atoms. The van der Waals surface area contributed by atoms with Crippen LogP contribution in [0.3, 0.4) is 0 Å². The number of rotatable bonds is 4. The molecule has 1 aromatic heterocycles. The Morgan fingerprint density at radius 3 is 2.44 bits per heavy atom. The van der Waals surface area contributed by atoms with Gasteiger partial charge in [-0.2, -0.15) is 0 Å². The molecule has 0 aliphatic heterocycles. The van der Waals surface area contributed by atoms with E-state index in [4.69, 9.17) is 27.9 Å². The standard InChI is InChI=1S/C19H15Cl2NO3/c1-10-17-12(9-16(23)24)3-8-15(21)18(17)22-11(2)19(10)25-14-6-4-13(20)5-7-14/h3-8H,9H2,1-2H3,(H,23,24). The molecule has 0 aliphatic carbocycles. The molecule has 128 valence electrons. The summed E-state index contributed by atoms with van der Waals surface area (Å²) in [5, 5.41) is 11.0. The third kappa shape index (κ3) is 3.55. The van der Waals surface area contributed by atoms with Crippen molar-refractivity contribution >= 4 is 40.1 Å². The number of carboxylic acids is 1. The molecule has 0 unspecified atom stereocenters. The van der Waals surface area contributed by atoms with E-state index in [9.17, 15) is 9.90 Å². The number of fused-ring (bicyclic) bond motifs is 1. The van der Waals surface area contributed by atoms with Crippen molar-refractivity contribution in [3.63, 3.8) is 0 Å². The maximum atomic E-state index is 11.2. The minimum Gasteiger partial charge on any atom is -0.481 e. The van der Waals surface area contributed by atoms with Crippen LogP contribution in [-0.2, 0) is 11.2 Å². The number of hydrogen-bond donors (Lipinski definition) is 1. The molecule has 0 aliphatic rings. The van der Waals surface area contributed by atoms with Crippen LogP contribution in [0.25, 0.3) is 10.9 Å². The molecule has 1 heterocycles. The van der Waals surface area contributed by atoms with Gasteiger partial charge < -0.3 is 9.84 Å². The van der Waals surface area contributed by atoms with E-state index in [1.165, 1.54) is 0 Å². The summed E-state index contributed by atoms with van der Waals surface area (Å²) >= 11 is 12.2. The molecule has 2 aromatic carbocycles. The van der Waals surface area contributed by atoms with E-state index in [0.717, 1.165) is 5.56 Å². The number of aromatic nitrogens is 1. The van der Waals surface area contributed by atoms with Crippen LogP contribution in [0.1, 0.15) is 16.8 Å². The van der Waals surface area contributed by atoms with Gasteiger partial charge in [-0.05, 0) is 49.7 Å². The molecule has 0 atom stereocenters. The lowest BCUT2D eigenvalue weighted by molar-refractivity contribution is -0.136. The van der Waals surface area contributed by atoms with E-state index >= 15 is 0 Å². The summed E-state index contributed by atoms with van der Waals surface area (Å²) in [6.45, 7) is 3.71. The summed E-state index contributed by atoms with van der Waals surface area (Å²) in [6.07, 6.45) is -0.111. The molecule has 0 amide bonds. The van der Waals surface area contributed by atoms with Gasteiger partial charge in [0.15, 0.2) is 5.75 Å². The third-order valence-electron chi connectivity index (χ3n) is 3.91. The lowest BCUT2D eigenvalue weighted by Gasteiger charge is -2.16. The maximum absolute atomic E-state index is 11.2. The molecule has 3 aromatic rings. The van der Waals surface area contributed by atoms with Gasteiger partial charge >= 0.3 is 5.97 Å². The molecule has 0 fully saturated rings. The first-order valence-electron chi connectivity index (χ1n) is 7.60. The molecule has 0 spiro atoms. The molecule has 3 rings (SSSR count). The molecule has 1 N–H and O–H groups in total. The van der Waals surface area contributed by atoms with Gasteiger partial charge in [0.25, 0.3) is 0 Å². The number of aryl methyl sites for hydroxylation is 2. The highest BCUT2D eigenvalue weighted by atomic mass is 35.5. The zero-order valence-electron chi connectivity index (χ0n) is 13.6. The lowest BCUT2D eigenvalue weighted by atomic mass is 10.00. The van der Waals surface area contributed by atoms with Crippen molar-refractivity contribution in [2.75, 3.05) is 0 Å². The fraction of sp³-hybridized carbons (Fsp3) is 0.158. The normalized spacial score (nSPS) is 10.9. The van der Waals surface area contributed by atoms with Crippen molar-refractivity contribution in [1.82, 2.24) is 4.98 Å². The smallest absolute Gasteiger partial charge is 0.307 e. The fourth-order valence-corrected chi connectivity index (χ4v) is 3.15. The Bertz CT molecular complexity index is 969. The van der Waals surface area contributed by atoms with Crippen LogP contribution in [0.4, 0.5) is 0 Å². The third-order valence-corrected chi connectivity index (χ3v) is 4.47. The molecule has 0 radical (unpaired) electrons. The molecule has 6 heteroatoms.